The molecule has 6 nitrogen and oxygen atoms in total. The van der Waals surface area contributed by atoms with Crippen molar-refractivity contribution < 1.29 is 18.7 Å². The molecule has 0 unspecified atom stereocenters. The molecule has 0 radical (unpaired) electrons. The van der Waals surface area contributed by atoms with E-state index in [4.69, 9.17) is 21.1 Å². The Hall–Kier alpha value is -2.90. The quantitative estimate of drug-likeness (QED) is 0.513. The van der Waals surface area contributed by atoms with Crippen molar-refractivity contribution in [2.24, 2.45) is 0 Å². The van der Waals surface area contributed by atoms with E-state index in [9.17, 15) is 9.18 Å². The number of methoxy groups -OCH3 is 2. The largest absolute Gasteiger partial charge is 0.497 e. The molecular weight excluding hydrogens is 409 g/mol. The zero-order chi connectivity index (χ0) is 21.5. The Balaban J connectivity index is 1.84. The van der Waals surface area contributed by atoms with Crippen molar-refractivity contribution in [2.75, 3.05) is 27.4 Å². The highest BCUT2D eigenvalue weighted by Crippen LogP contribution is 2.21. The number of ether oxygens (including phenoxy) is 2. The molecule has 1 aromatic heterocycles. The Labute approximate surface area is 179 Å². The first kappa shape index (κ1) is 21.8. The number of nitrogens with zero attached hydrogens (tertiary/aromatic N) is 3. The number of aromatic nitrogens is 2. The van der Waals surface area contributed by atoms with Gasteiger partial charge in [-0.05, 0) is 30.3 Å². The lowest BCUT2D eigenvalue weighted by Crippen LogP contribution is -2.34. The average Bonchev–Trinajstić information content (AvgIpc) is 3.20. The van der Waals surface area contributed by atoms with Gasteiger partial charge in [0.25, 0.3) is 5.91 Å². The van der Waals surface area contributed by atoms with Gasteiger partial charge in [0.05, 0.1) is 26.8 Å². The molecule has 8 heteroatoms. The lowest BCUT2D eigenvalue weighted by Gasteiger charge is -2.23. The van der Waals surface area contributed by atoms with Gasteiger partial charge < -0.3 is 18.9 Å². The maximum Gasteiger partial charge on any atom is 0.254 e. The second-order valence-electron chi connectivity index (χ2n) is 6.62. The molecule has 0 saturated heterocycles. The highest BCUT2D eigenvalue weighted by Gasteiger charge is 2.19. The fourth-order valence-corrected chi connectivity index (χ4v) is 3.28. The van der Waals surface area contributed by atoms with Crippen LogP contribution in [0.2, 0.25) is 5.02 Å². The summed E-state index contributed by atoms with van der Waals surface area (Å²) in [7, 11) is 3.13. The van der Waals surface area contributed by atoms with Crippen LogP contribution in [-0.4, -0.2) is 47.7 Å². The third-order valence-corrected chi connectivity index (χ3v) is 5.05. The van der Waals surface area contributed by atoms with Crippen LogP contribution >= 0.6 is 11.6 Å². The summed E-state index contributed by atoms with van der Waals surface area (Å²) in [6.45, 7) is 1.19. The highest BCUT2D eigenvalue weighted by molar-refractivity contribution is 6.31. The van der Waals surface area contributed by atoms with Crippen molar-refractivity contribution in [3.8, 4) is 5.75 Å². The Morgan fingerprint density at radius 3 is 2.77 bits per heavy atom. The van der Waals surface area contributed by atoms with Crippen molar-refractivity contribution in [1.29, 1.82) is 0 Å². The van der Waals surface area contributed by atoms with E-state index >= 15 is 0 Å². The summed E-state index contributed by atoms with van der Waals surface area (Å²) < 4.78 is 26.4. The molecule has 0 atom stereocenters. The molecule has 0 N–H and O–H groups in total. The van der Waals surface area contributed by atoms with E-state index < -0.39 is 0 Å². The van der Waals surface area contributed by atoms with E-state index in [0.717, 1.165) is 0 Å². The monoisotopic (exact) mass is 431 g/mol. The van der Waals surface area contributed by atoms with E-state index in [1.54, 1.807) is 72.5 Å². The van der Waals surface area contributed by atoms with Crippen LogP contribution in [0.5, 0.6) is 5.75 Å². The van der Waals surface area contributed by atoms with Crippen LogP contribution in [0.25, 0.3) is 0 Å². The lowest BCUT2D eigenvalue weighted by molar-refractivity contribution is 0.0673. The molecular formula is C22H23ClFN3O3. The molecule has 0 spiro atoms. The van der Waals surface area contributed by atoms with E-state index in [2.05, 4.69) is 4.98 Å². The van der Waals surface area contributed by atoms with Crippen molar-refractivity contribution in [3.05, 3.63) is 82.6 Å². The zero-order valence-electron chi connectivity index (χ0n) is 16.8. The molecule has 3 aromatic rings. The predicted molar refractivity (Wildman–Crippen MR) is 112 cm³/mol. The maximum atomic E-state index is 14.2. The summed E-state index contributed by atoms with van der Waals surface area (Å²) in [4.78, 5) is 19.1. The Kier molecular flexibility index (Phi) is 7.43. The summed E-state index contributed by atoms with van der Waals surface area (Å²) in [5.41, 5.74) is 0.877. The van der Waals surface area contributed by atoms with Crippen molar-refractivity contribution in [3.63, 3.8) is 0 Å². The van der Waals surface area contributed by atoms with Gasteiger partial charge in [0.1, 0.15) is 17.4 Å². The zero-order valence-corrected chi connectivity index (χ0v) is 17.6. The SMILES string of the molecule is COCCN(Cc1nccn1Cc1c(F)cccc1Cl)C(=O)c1cccc(OC)c1. The number of halogens is 2. The van der Waals surface area contributed by atoms with Crippen LogP contribution in [0.4, 0.5) is 4.39 Å². The summed E-state index contributed by atoms with van der Waals surface area (Å²) >= 11 is 6.17. The number of benzene rings is 2. The van der Waals surface area contributed by atoms with Crippen LogP contribution in [0.15, 0.2) is 54.9 Å². The number of imidazole rings is 1. The number of hydrogen-bond donors (Lipinski definition) is 0. The first-order valence-corrected chi connectivity index (χ1v) is 9.76. The van der Waals surface area contributed by atoms with E-state index in [0.29, 0.717) is 40.9 Å². The van der Waals surface area contributed by atoms with Crippen molar-refractivity contribution in [1.82, 2.24) is 14.5 Å². The van der Waals surface area contributed by atoms with Crippen LogP contribution in [-0.2, 0) is 17.8 Å². The van der Waals surface area contributed by atoms with Gasteiger partial charge in [0.15, 0.2) is 0 Å². The van der Waals surface area contributed by atoms with Crippen LogP contribution in [0, 0.1) is 5.82 Å². The van der Waals surface area contributed by atoms with Crippen molar-refractivity contribution >= 4 is 17.5 Å². The normalized spacial score (nSPS) is 10.8. The molecule has 2 aromatic carbocycles. The fraction of sp³-hybridized carbons (Fsp3) is 0.273. The number of carbonyl (C=O) groups is 1. The number of amides is 1. The molecule has 1 amide bonds. The second kappa shape index (κ2) is 10.2. The Morgan fingerprint density at radius 2 is 2.03 bits per heavy atom. The van der Waals surface area contributed by atoms with Gasteiger partial charge in [-0.2, -0.15) is 0 Å². The molecule has 0 fully saturated rings. The summed E-state index contributed by atoms with van der Waals surface area (Å²) in [6.07, 6.45) is 3.36. The minimum absolute atomic E-state index is 0.176. The fourth-order valence-electron chi connectivity index (χ4n) is 3.05. The van der Waals surface area contributed by atoms with Gasteiger partial charge in [-0.25, -0.2) is 9.37 Å². The van der Waals surface area contributed by atoms with E-state index in [1.165, 1.54) is 6.07 Å². The van der Waals surface area contributed by atoms with Gasteiger partial charge in [-0.1, -0.05) is 23.7 Å². The maximum absolute atomic E-state index is 14.2. The molecule has 0 aliphatic rings. The third-order valence-electron chi connectivity index (χ3n) is 4.69. The number of hydrogen-bond acceptors (Lipinski definition) is 4. The molecule has 0 saturated carbocycles. The molecule has 158 valence electrons. The van der Waals surface area contributed by atoms with Crippen molar-refractivity contribution in [2.45, 2.75) is 13.1 Å². The van der Waals surface area contributed by atoms with Crippen LogP contribution in [0.3, 0.4) is 0 Å². The summed E-state index contributed by atoms with van der Waals surface area (Å²) in [6, 6.07) is 11.5. The number of rotatable bonds is 9. The Morgan fingerprint density at radius 1 is 1.23 bits per heavy atom. The first-order valence-electron chi connectivity index (χ1n) is 9.38. The van der Waals surface area contributed by atoms with Gasteiger partial charge >= 0.3 is 0 Å². The average molecular weight is 432 g/mol. The topological polar surface area (TPSA) is 56.6 Å². The van der Waals surface area contributed by atoms with Gasteiger partial charge in [-0.15, -0.1) is 0 Å². The summed E-state index contributed by atoms with van der Waals surface area (Å²) in [5, 5.41) is 0.346. The standard InChI is InChI=1S/C22H23ClFN3O3/c1-29-12-11-27(22(28)16-5-3-6-17(13-16)30-2)15-21-25-9-10-26(21)14-18-19(23)7-4-8-20(18)24/h3-10,13H,11-12,14-15H2,1-2H3. The molecule has 1 heterocycles. The smallest absolute Gasteiger partial charge is 0.254 e. The van der Waals surface area contributed by atoms with E-state index in [-0.39, 0.29) is 24.8 Å². The molecule has 3 rings (SSSR count). The molecule has 30 heavy (non-hydrogen) atoms. The first-order chi connectivity index (χ1) is 14.5. The van der Waals surface area contributed by atoms with E-state index in [1.807, 2.05) is 0 Å². The summed E-state index contributed by atoms with van der Waals surface area (Å²) in [5.74, 6) is 0.653. The third kappa shape index (κ3) is 5.17. The molecule has 0 aliphatic carbocycles. The minimum atomic E-state index is -0.383. The highest BCUT2D eigenvalue weighted by atomic mass is 35.5. The van der Waals surface area contributed by atoms with Gasteiger partial charge in [-0.3, -0.25) is 4.79 Å². The minimum Gasteiger partial charge on any atom is -0.497 e. The lowest BCUT2D eigenvalue weighted by atomic mass is 10.2. The second-order valence-corrected chi connectivity index (χ2v) is 7.03. The van der Waals surface area contributed by atoms with Crippen LogP contribution in [0.1, 0.15) is 21.7 Å². The molecule has 0 aliphatic heterocycles. The molecule has 0 bridgehead atoms. The number of carbonyl (C=O) groups excluding carboxylic acids is 1. The Bertz CT molecular complexity index is 989. The van der Waals surface area contributed by atoms with Gasteiger partial charge in [0, 0.05) is 42.2 Å². The van der Waals surface area contributed by atoms with Crippen LogP contribution < -0.4 is 4.74 Å². The van der Waals surface area contributed by atoms with Gasteiger partial charge in [0.2, 0.25) is 0 Å². The predicted octanol–water partition coefficient (Wildman–Crippen LogP) is 4.02.